The van der Waals surface area contributed by atoms with Crippen LogP contribution in [0.15, 0.2) is 42.6 Å². The number of hydrogen-bond acceptors (Lipinski definition) is 5. The van der Waals surface area contributed by atoms with Gasteiger partial charge in [-0.05, 0) is 31.3 Å². The second-order valence-electron chi connectivity index (χ2n) is 6.47. The van der Waals surface area contributed by atoms with Gasteiger partial charge in [-0.1, -0.05) is 12.1 Å². The third-order valence-electron chi connectivity index (χ3n) is 4.71. The molecule has 1 aromatic heterocycles. The molecule has 3 heterocycles. The number of amides is 2. The molecule has 0 spiro atoms. The minimum Gasteiger partial charge on any atom is -0.319 e. The molecular weight excluding hydrogens is 330 g/mol. The lowest BCUT2D eigenvalue weighted by Gasteiger charge is -2.33. The molecule has 26 heavy (non-hydrogen) atoms. The number of carbonyl (C=O) groups is 2. The van der Waals surface area contributed by atoms with Crippen molar-refractivity contribution in [3.05, 3.63) is 48.2 Å². The highest BCUT2D eigenvalue weighted by atomic mass is 16.2. The SMILES string of the molecule is [3H]CN1CCN(CC(=O)N2c3ccccc3C(=O)Nc3cccnc32)CC1. The predicted octanol–water partition coefficient (Wildman–Crippen LogP) is 1.56. The number of hydrogen-bond donors (Lipinski definition) is 1. The number of piperazine rings is 1. The molecule has 0 aliphatic carbocycles. The molecule has 1 N–H and O–H groups in total. The van der Waals surface area contributed by atoms with Gasteiger partial charge in [-0.15, -0.1) is 0 Å². The van der Waals surface area contributed by atoms with E-state index in [0.717, 1.165) is 26.2 Å². The fourth-order valence-corrected chi connectivity index (χ4v) is 3.30. The summed E-state index contributed by atoms with van der Waals surface area (Å²) in [7, 11) is 0.284. The van der Waals surface area contributed by atoms with E-state index in [1.165, 1.54) is 0 Å². The zero-order valence-electron chi connectivity index (χ0n) is 15.4. The van der Waals surface area contributed by atoms with E-state index in [9.17, 15) is 9.59 Å². The number of nitrogens with zero attached hydrogens (tertiary/aromatic N) is 4. The maximum atomic E-state index is 13.3. The van der Waals surface area contributed by atoms with Crippen LogP contribution in [0.5, 0.6) is 0 Å². The average molecular weight is 353 g/mol. The zero-order chi connectivity index (χ0) is 18.8. The smallest absolute Gasteiger partial charge is 0.257 e. The average Bonchev–Trinajstić information content (AvgIpc) is 2.82. The Morgan fingerprint density at radius 3 is 2.81 bits per heavy atom. The van der Waals surface area contributed by atoms with Gasteiger partial charge >= 0.3 is 0 Å². The topological polar surface area (TPSA) is 68.8 Å². The monoisotopic (exact) mass is 353 g/mol. The summed E-state index contributed by atoms with van der Waals surface area (Å²) in [5.74, 6) is 0.0584. The first-order chi connectivity index (χ1) is 13.2. The van der Waals surface area contributed by atoms with Crippen molar-refractivity contribution in [3.63, 3.8) is 0 Å². The summed E-state index contributed by atoms with van der Waals surface area (Å²) in [5.41, 5.74) is 1.51. The Labute approximate surface area is 153 Å². The normalized spacial score (nSPS) is 18.4. The number of para-hydroxylation sites is 1. The third kappa shape index (κ3) is 3.07. The molecule has 7 nitrogen and oxygen atoms in total. The maximum absolute atomic E-state index is 13.3. The largest absolute Gasteiger partial charge is 0.319 e. The number of aromatic nitrogens is 1. The third-order valence-corrected chi connectivity index (χ3v) is 4.71. The van der Waals surface area contributed by atoms with Crippen molar-refractivity contribution in [3.8, 4) is 0 Å². The highest BCUT2D eigenvalue weighted by Crippen LogP contribution is 2.36. The molecule has 0 bridgehead atoms. The fourth-order valence-electron chi connectivity index (χ4n) is 3.30. The van der Waals surface area contributed by atoms with Crippen molar-refractivity contribution < 1.29 is 11.0 Å². The van der Waals surface area contributed by atoms with Crippen LogP contribution in [0.4, 0.5) is 17.2 Å². The van der Waals surface area contributed by atoms with Crippen LogP contribution in [0.25, 0.3) is 0 Å². The number of benzene rings is 1. The lowest BCUT2D eigenvalue weighted by molar-refractivity contribution is -0.119. The number of fused-ring (bicyclic) bond motifs is 2. The number of pyridine rings is 1. The van der Waals surface area contributed by atoms with Crippen LogP contribution >= 0.6 is 0 Å². The Kier molecular flexibility index (Phi) is 4.08. The Morgan fingerprint density at radius 2 is 2.00 bits per heavy atom. The second-order valence-corrected chi connectivity index (χ2v) is 6.47. The van der Waals surface area contributed by atoms with Crippen molar-refractivity contribution in [1.29, 1.82) is 0 Å². The van der Waals surface area contributed by atoms with Crippen LogP contribution in [-0.2, 0) is 4.79 Å². The van der Waals surface area contributed by atoms with Crippen LogP contribution in [0.3, 0.4) is 0 Å². The molecule has 0 atom stereocenters. The number of likely N-dealkylation sites (N-methyl/N-ethyl adjacent to an activating group) is 1. The Balaban J connectivity index is 1.66. The Morgan fingerprint density at radius 1 is 1.19 bits per heavy atom. The molecule has 0 radical (unpaired) electrons. The van der Waals surface area contributed by atoms with E-state index in [1.807, 2.05) is 11.0 Å². The summed E-state index contributed by atoms with van der Waals surface area (Å²) >= 11 is 0. The van der Waals surface area contributed by atoms with Crippen molar-refractivity contribution in [2.75, 3.05) is 50.0 Å². The lowest BCUT2D eigenvalue weighted by Crippen LogP contribution is -2.48. The van der Waals surface area contributed by atoms with Crippen LogP contribution in [0, 0.1) is 0 Å². The van der Waals surface area contributed by atoms with Gasteiger partial charge in [0, 0.05) is 33.7 Å². The molecule has 2 aromatic rings. The highest BCUT2D eigenvalue weighted by Gasteiger charge is 2.31. The summed E-state index contributed by atoms with van der Waals surface area (Å²) in [6.07, 6.45) is 1.62. The summed E-state index contributed by atoms with van der Waals surface area (Å²) in [4.78, 5) is 35.9. The molecule has 0 saturated carbocycles. The quantitative estimate of drug-likeness (QED) is 0.887. The minimum atomic E-state index is -0.251. The molecule has 1 aromatic carbocycles. The van der Waals surface area contributed by atoms with Crippen LogP contribution < -0.4 is 10.2 Å². The number of nitrogens with one attached hydrogen (secondary N) is 1. The summed E-state index contributed by atoms with van der Waals surface area (Å²) < 4.78 is 7.46. The van der Waals surface area contributed by atoms with Crippen LogP contribution in [0.2, 0.25) is 0 Å². The molecule has 2 aliphatic heterocycles. The number of anilines is 3. The van der Waals surface area contributed by atoms with Crippen molar-refractivity contribution >= 4 is 29.0 Å². The first-order valence-corrected chi connectivity index (χ1v) is 8.59. The van der Waals surface area contributed by atoms with E-state index in [2.05, 4.69) is 15.2 Å². The number of carbonyl (C=O) groups excluding carboxylic acids is 2. The summed E-state index contributed by atoms with van der Waals surface area (Å²) in [6, 6.07) is 10.6. The van der Waals surface area contributed by atoms with E-state index in [0.29, 0.717) is 22.8 Å². The van der Waals surface area contributed by atoms with Gasteiger partial charge in [-0.3, -0.25) is 19.4 Å². The van der Waals surface area contributed by atoms with E-state index in [1.54, 1.807) is 41.4 Å². The van der Waals surface area contributed by atoms with E-state index in [-0.39, 0.29) is 25.4 Å². The van der Waals surface area contributed by atoms with Crippen molar-refractivity contribution in [2.45, 2.75) is 0 Å². The molecule has 4 rings (SSSR count). The van der Waals surface area contributed by atoms with Gasteiger partial charge in [0.1, 0.15) is 0 Å². The van der Waals surface area contributed by atoms with Crippen molar-refractivity contribution in [2.24, 2.45) is 0 Å². The first-order valence-electron chi connectivity index (χ1n) is 9.30. The highest BCUT2D eigenvalue weighted by molar-refractivity contribution is 6.17. The van der Waals surface area contributed by atoms with Gasteiger partial charge in [0.25, 0.3) is 5.91 Å². The van der Waals surface area contributed by atoms with Crippen LogP contribution in [0.1, 0.15) is 11.7 Å². The molecule has 1 saturated heterocycles. The molecule has 134 valence electrons. The van der Waals surface area contributed by atoms with Gasteiger partial charge in [-0.2, -0.15) is 0 Å². The second kappa shape index (κ2) is 6.86. The minimum absolute atomic E-state index is 0.127. The van der Waals surface area contributed by atoms with Crippen LogP contribution in [-0.4, -0.2) is 66.3 Å². The summed E-state index contributed by atoms with van der Waals surface area (Å²) in [5, 5.41) is 2.84. The van der Waals surface area contributed by atoms with Gasteiger partial charge in [0.2, 0.25) is 5.91 Å². The van der Waals surface area contributed by atoms with Gasteiger partial charge in [0.15, 0.2) is 5.82 Å². The first kappa shape index (κ1) is 15.5. The van der Waals surface area contributed by atoms with E-state index < -0.39 is 0 Å². The molecule has 7 heteroatoms. The standard InChI is InChI=1S/C19H21N5O2/c1-22-9-11-23(12-10-22)13-17(25)24-16-7-3-2-5-14(16)19(26)21-15-6-4-8-20-18(15)24/h2-8H,9-13H2,1H3,(H,21,26)/i1T. The Hall–Kier alpha value is -2.77. The lowest BCUT2D eigenvalue weighted by atomic mass is 10.1. The fraction of sp³-hybridized carbons (Fsp3) is 0.316. The molecule has 0 unspecified atom stereocenters. The number of rotatable bonds is 2. The molecule has 2 amide bonds. The summed E-state index contributed by atoms with van der Waals surface area (Å²) in [6.45, 7) is 3.29. The molecular formula is C19H21N5O2. The van der Waals surface area contributed by atoms with E-state index in [4.69, 9.17) is 1.37 Å². The zero-order valence-corrected chi connectivity index (χ0v) is 14.4. The van der Waals surface area contributed by atoms with Gasteiger partial charge < -0.3 is 10.2 Å². The predicted molar refractivity (Wildman–Crippen MR) is 99.7 cm³/mol. The van der Waals surface area contributed by atoms with E-state index >= 15 is 0 Å². The molecule has 1 fully saturated rings. The Bertz CT molecular complexity index is 867. The maximum Gasteiger partial charge on any atom is 0.257 e. The van der Waals surface area contributed by atoms with Crippen molar-refractivity contribution in [1.82, 2.24) is 14.8 Å². The van der Waals surface area contributed by atoms with Gasteiger partial charge in [0.05, 0.1) is 23.5 Å². The molecule has 2 aliphatic rings. The van der Waals surface area contributed by atoms with Gasteiger partial charge in [-0.25, -0.2) is 4.98 Å².